The normalized spacial score (nSPS) is 16.3. The summed E-state index contributed by atoms with van der Waals surface area (Å²) < 4.78 is 36.9. The molecule has 0 fully saturated rings. The summed E-state index contributed by atoms with van der Waals surface area (Å²) in [7, 11) is -0.704. The molecule has 0 spiro atoms. The van der Waals surface area contributed by atoms with E-state index < -0.39 is 10.0 Å². The molecule has 1 N–H and O–H groups in total. The van der Waals surface area contributed by atoms with Crippen LogP contribution in [0.1, 0.15) is 10.4 Å². The second-order valence-electron chi connectivity index (χ2n) is 6.02. The van der Waals surface area contributed by atoms with Crippen molar-refractivity contribution in [2.24, 2.45) is 0 Å². The van der Waals surface area contributed by atoms with Crippen molar-refractivity contribution in [1.82, 2.24) is 9.62 Å². The number of benzene rings is 2. The van der Waals surface area contributed by atoms with E-state index in [4.69, 9.17) is 9.47 Å². The van der Waals surface area contributed by atoms with E-state index in [0.29, 0.717) is 18.1 Å². The molecule has 2 aromatic rings. The van der Waals surface area contributed by atoms with Gasteiger partial charge in [-0.2, -0.15) is 0 Å². The number of sulfonamides is 1. The van der Waals surface area contributed by atoms with E-state index >= 15 is 0 Å². The molecule has 0 radical (unpaired) electrons. The number of hydrogen-bond donors (Lipinski definition) is 1. The molecule has 1 aliphatic heterocycles. The number of hydrogen-bond acceptors (Lipinski definition) is 5. The Morgan fingerprint density at radius 1 is 1.15 bits per heavy atom. The summed E-state index contributed by atoms with van der Waals surface area (Å²) in [5.41, 5.74) is 0.269. The molecule has 1 heterocycles. The Balaban J connectivity index is 1.65. The lowest BCUT2D eigenvalue weighted by atomic mass is 10.2. The lowest BCUT2D eigenvalue weighted by Gasteiger charge is -2.26. The summed E-state index contributed by atoms with van der Waals surface area (Å²) in [5.74, 6) is 0.942. The van der Waals surface area contributed by atoms with Gasteiger partial charge in [0.1, 0.15) is 12.7 Å². The smallest absolute Gasteiger partial charge is 0.251 e. The lowest BCUT2D eigenvalue weighted by Crippen LogP contribution is -2.40. The van der Waals surface area contributed by atoms with E-state index in [2.05, 4.69) is 5.32 Å². The number of amides is 1. The van der Waals surface area contributed by atoms with E-state index in [-0.39, 0.29) is 29.0 Å². The van der Waals surface area contributed by atoms with Gasteiger partial charge in [-0.1, -0.05) is 18.2 Å². The van der Waals surface area contributed by atoms with Gasteiger partial charge in [0.05, 0.1) is 11.4 Å². The van der Waals surface area contributed by atoms with Crippen LogP contribution in [0, 0.1) is 0 Å². The van der Waals surface area contributed by atoms with Crippen LogP contribution >= 0.6 is 0 Å². The molecule has 8 heteroatoms. The maximum absolute atomic E-state index is 12.4. The number of carbonyl (C=O) groups excluding carboxylic acids is 1. The zero-order valence-corrected chi connectivity index (χ0v) is 15.3. The highest BCUT2D eigenvalue weighted by molar-refractivity contribution is 7.89. The van der Waals surface area contributed by atoms with Gasteiger partial charge in [-0.3, -0.25) is 4.79 Å². The minimum absolute atomic E-state index is 0.0707. The van der Waals surface area contributed by atoms with Gasteiger partial charge in [0.2, 0.25) is 10.0 Å². The van der Waals surface area contributed by atoms with Gasteiger partial charge < -0.3 is 14.8 Å². The third-order valence-corrected chi connectivity index (χ3v) is 5.74. The Labute approximate surface area is 152 Å². The maximum atomic E-state index is 12.4. The predicted molar refractivity (Wildman–Crippen MR) is 96.0 cm³/mol. The molecule has 0 aliphatic carbocycles. The third kappa shape index (κ3) is 3.81. The fourth-order valence-corrected chi connectivity index (χ4v) is 3.43. The molecule has 26 heavy (non-hydrogen) atoms. The number of carbonyl (C=O) groups is 1. The second kappa shape index (κ2) is 7.35. The Morgan fingerprint density at radius 3 is 2.62 bits per heavy atom. The van der Waals surface area contributed by atoms with Crippen LogP contribution in [0.5, 0.6) is 11.5 Å². The number of nitrogens with one attached hydrogen (secondary N) is 1. The molecule has 0 saturated carbocycles. The van der Waals surface area contributed by atoms with Crippen molar-refractivity contribution in [2.45, 2.75) is 11.0 Å². The zero-order valence-electron chi connectivity index (χ0n) is 14.5. The van der Waals surface area contributed by atoms with E-state index in [1.54, 1.807) is 18.2 Å². The number of fused-ring (bicyclic) bond motifs is 1. The van der Waals surface area contributed by atoms with E-state index in [1.807, 2.05) is 18.2 Å². The molecule has 1 aliphatic rings. The number of nitrogens with zero attached hydrogens (tertiary/aromatic N) is 1. The average Bonchev–Trinajstić information content (AvgIpc) is 2.66. The Bertz CT molecular complexity index is 911. The molecule has 2 aromatic carbocycles. The fraction of sp³-hybridized carbons (Fsp3) is 0.278. The van der Waals surface area contributed by atoms with Crippen LogP contribution in [0.3, 0.4) is 0 Å². The van der Waals surface area contributed by atoms with Crippen molar-refractivity contribution in [3.05, 3.63) is 54.1 Å². The maximum Gasteiger partial charge on any atom is 0.251 e. The molecule has 0 saturated heterocycles. The monoisotopic (exact) mass is 376 g/mol. The van der Waals surface area contributed by atoms with Crippen molar-refractivity contribution >= 4 is 15.9 Å². The van der Waals surface area contributed by atoms with Crippen molar-refractivity contribution in [3.63, 3.8) is 0 Å². The molecule has 1 atom stereocenters. The molecule has 0 aromatic heterocycles. The summed E-state index contributed by atoms with van der Waals surface area (Å²) in [6, 6.07) is 13.3. The average molecular weight is 376 g/mol. The highest BCUT2D eigenvalue weighted by atomic mass is 32.2. The van der Waals surface area contributed by atoms with E-state index in [9.17, 15) is 13.2 Å². The Kier molecular flexibility index (Phi) is 5.15. The minimum atomic E-state index is -3.59. The molecule has 3 rings (SSSR count). The van der Waals surface area contributed by atoms with Gasteiger partial charge in [0, 0.05) is 19.7 Å². The third-order valence-electron chi connectivity index (χ3n) is 3.93. The molecular formula is C18H20N2O5S. The quantitative estimate of drug-likeness (QED) is 0.855. The molecular weight excluding hydrogens is 356 g/mol. The number of rotatable bonds is 5. The Morgan fingerprint density at radius 2 is 1.88 bits per heavy atom. The Hall–Kier alpha value is -2.58. The predicted octanol–water partition coefficient (Wildman–Crippen LogP) is 1.51. The number of para-hydroxylation sites is 2. The van der Waals surface area contributed by atoms with Crippen LogP contribution in [0.2, 0.25) is 0 Å². The van der Waals surface area contributed by atoms with Crippen LogP contribution in [0.4, 0.5) is 0 Å². The van der Waals surface area contributed by atoms with Crippen LogP contribution in [-0.4, -0.2) is 52.0 Å². The zero-order chi connectivity index (χ0) is 18.7. The largest absolute Gasteiger partial charge is 0.486 e. The van der Waals surface area contributed by atoms with E-state index in [1.165, 1.54) is 26.2 Å². The summed E-state index contributed by atoms with van der Waals surface area (Å²) in [6.45, 7) is 0.574. The van der Waals surface area contributed by atoms with Crippen molar-refractivity contribution in [2.75, 3.05) is 27.2 Å². The first kappa shape index (κ1) is 18.2. The second-order valence-corrected chi connectivity index (χ2v) is 8.17. The molecule has 1 amide bonds. The first-order valence-electron chi connectivity index (χ1n) is 8.07. The van der Waals surface area contributed by atoms with Gasteiger partial charge in [0.15, 0.2) is 11.5 Å². The summed E-state index contributed by atoms with van der Waals surface area (Å²) in [4.78, 5) is 12.4. The highest BCUT2D eigenvalue weighted by Crippen LogP contribution is 2.30. The van der Waals surface area contributed by atoms with E-state index in [0.717, 1.165) is 4.31 Å². The van der Waals surface area contributed by atoms with Crippen LogP contribution in [0.15, 0.2) is 53.4 Å². The number of ether oxygens (including phenoxy) is 2. The summed E-state index contributed by atoms with van der Waals surface area (Å²) in [5, 5.41) is 2.76. The van der Waals surface area contributed by atoms with Crippen LogP contribution < -0.4 is 14.8 Å². The SMILES string of the molecule is CN(C)S(=O)(=O)c1cccc(C(=O)NC[C@H]2COc3ccccc3O2)c1. The van der Waals surface area contributed by atoms with Gasteiger partial charge in [0.25, 0.3) is 5.91 Å². The lowest BCUT2D eigenvalue weighted by molar-refractivity contribution is 0.0789. The molecule has 0 unspecified atom stereocenters. The first-order chi connectivity index (χ1) is 12.4. The van der Waals surface area contributed by atoms with Gasteiger partial charge in [-0.25, -0.2) is 12.7 Å². The topological polar surface area (TPSA) is 84.9 Å². The molecule has 138 valence electrons. The highest BCUT2D eigenvalue weighted by Gasteiger charge is 2.22. The first-order valence-corrected chi connectivity index (χ1v) is 9.51. The van der Waals surface area contributed by atoms with Crippen molar-refractivity contribution in [3.8, 4) is 11.5 Å². The summed E-state index contributed by atoms with van der Waals surface area (Å²) >= 11 is 0. The standard InChI is InChI=1S/C18H20N2O5S/c1-20(2)26(22,23)15-7-5-6-13(10-15)18(21)19-11-14-12-24-16-8-3-4-9-17(16)25-14/h3-10,14H,11-12H2,1-2H3,(H,19,21)/t14-/m0/s1. The van der Waals surface area contributed by atoms with Crippen LogP contribution in [0.25, 0.3) is 0 Å². The fourth-order valence-electron chi connectivity index (χ4n) is 2.48. The van der Waals surface area contributed by atoms with Crippen LogP contribution in [-0.2, 0) is 10.0 Å². The van der Waals surface area contributed by atoms with Gasteiger partial charge in [-0.15, -0.1) is 0 Å². The van der Waals surface area contributed by atoms with Gasteiger partial charge in [-0.05, 0) is 30.3 Å². The van der Waals surface area contributed by atoms with Crippen molar-refractivity contribution < 1.29 is 22.7 Å². The minimum Gasteiger partial charge on any atom is -0.486 e. The van der Waals surface area contributed by atoms with Gasteiger partial charge >= 0.3 is 0 Å². The molecule has 7 nitrogen and oxygen atoms in total. The van der Waals surface area contributed by atoms with Crippen molar-refractivity contribution in [1.29, 1.82) is 0 Å². The molecule has 0 bridgehead atoms. The summed E-state index contributed by atoms with van der Waals surface area (Å²) in [6.07, 6.45) is -0.317.